The molecule has 3 rings (SSSR count). The Morgan fingerprint density at radius 2 is 2.42 bits per heavy atom. The summed E-state index contributed by atoms with van der Waals surface area (Å²) < 4.78 is 1.37. The number of amides is 2. The first-order valence-corrected chi connectivity index (χ1v) is 8.75. The van der Waals surface area contributed by atoms with Crippen LogP contribution in [0.25, 0.3) is 0 Å². The minimum atomic E-state index is -0.578. The maximum absolute atomic E-state index is 12.5. The second-order valence-corrected chi connectivity index (χ2v) is 6.86. The van der Waals surface area contributed by atoms with Crippen molar-refractivity contribution in [2.45, 2.75) is 31.4 Å². The second kappa shape index (κ2) is 7.14. The SMILES string of the molecule is Cn1ccnc(NC(=O)N2CCCC2CC(O)c2cccs2)c1=O. The Hall–Kier alpha value is -2.19. The summed E-state index contributed by atoms with van der Waals surface area (Å²) in [7, 11) is 1.61. The van der Waals surface area contributed by atoms with Gasteiger partial charge < -0.3 is 14.6 Å². The first-order valence-electron chi connectivity index (χ1n) is 7.87. The second-order valence-electron chi connectivity index (χ2n) is 5.88. The van der Waals surface area contributed by atoms with Crippen LogP contribution in [0, 0.1) is 0 Å². The van der Waals surface area contributed by atoms with Crippen molar-refractivity contribution in [1.82, 2.24) is 14.5 Å². The molecule has 0 radical (unpaired) electrons. The molecule has 3 heterocycles. The Bertz CT molecular complexity index is 759. The third-order valence-electron chi connectivity index (χ3n) is 4.25. The maximum Gasteiger partial charge on any atom is 0.323 e. The Labute approximate surface area is 143 Å². The molecule has 0 aliphatic carbocycles. The predicted molar refractivity (Wildman–Crippen MR) is 92.1 cm³/mol. The average Bonchev–Trinajstić information content (AvgIpc) is 3.23. The summed E-state index contributed by atoms with van der Waals surface area (Å²) in [5.74, 6) is 0.0226. The lowest BCUT2D eigenvalue weighted by Gasteiger charge is -2.26. The van der Waals surface area contributed by atoms with Gasteiger partial charge in [-0.05, 0) is 30.7 Å². The number of nitrogens with zero attached hydrogens (tertiary/aromatic N) is 3. The summed E-state index contributed by atoms with van der Waals surface area (Å²) >= 11 is 1.51. The summed E-state index contributed by atoms with van der Waals surface area (Å²) in [5, 5.41) is 14.8. The first-order chi connectivity index (χ1) is 11.6. The Morgan fingerprint density at radius 1 is 1.58 bits per heavy atom. The van der Waals surface area contributed by atoms with E-state index in [0.717, 1.165) is 17.7 Å². The molecule has 24 heavy (non-hydrogen) atoms. The summed E-state index contributed by atoms with van der Waals surface area (Å²) in [6.45, 7) is 0.612. The van der Waals surface area contributed by atoms with Crippen molar-refractivity contribution in [3.05, 3.63) is 45.1 Å². The lowest BCUT2D eigenvalue weighted by Crippen LogP contribution is -2.41. The standard InChI is InChI=1S/C16H20N4O3S/c1-19-8-6-17-14(15(19)22)18-16(23)20-7-2-4-11(20)10-12(21)13-5-3-9-24-13/h3,5-6,8-9,11-12,21H,2,4,7,10H2,1H3,(H,17,18,23). The molecule has 128 valence electrons. The summed E-state index contributed by atoms with van der Waals surface area (Å²) in [5.41, 5.74) is -0.347. The van der Waals surface area contributed by atoms with E-state index in [0.29, 0.717) is 13.0 Å². The zero-order valence-corrected chi connectivity index (χ0v) is 14.2. The molecule has 1 aliphatic heterocycles. The monoisotopic (exact) mass is 348 g/mol. The number of likely N-dealkylation sites (tertiary alicyclic amines) is 1. The molecule has 0 bridgehead atoms. The van der Waals surface area contributed by atoms with Gasteiger partial charge in [0.1, 0.15) is 0 Å². The van der Waals surface area contributed by atoms with Crippen LogP contribution in [0.5, 0.6) is 0 Å². The summed E-state index contributed by atoms with van der Waals surface area (Å²) in [6, 6.07) is 3.41. The quantitative estimate of drug-likeness (QED) is 0.884. The zero-order valence-electron chi connectivity index (χ0n) is 13.4. The van der Waals surface area contributed by atoms with Crippen molar-refractivity contribution < 1.29 is 9.90 Å². The number of hydrogen-bond acceptors (Lipinski definition) is 5. The van der Waals surface area contributed by atoms with Gasteiger partial charge in [-0.15, -0.1) is 11.3 Å². The van der Waals surface area contributed by atoms with Gasteiger partial charge in [-0.25, -0.2) is 9.78 Å². The zero-order chi connectivity index (χ0) is 17.1. The molecule has 2 atom stereocenters. The van der Waals surface area contributed by atoms with Crippen LogP contribution in [0.15, 0.2) is 34.7 Å². The molecule has 1 fully saturated rings. The number of rotatable bonds is 4. The molecular formula is C16H20N4O3S. The molecular weight excluding hydrogens is 328 g/mol. The van der Waals surface area contributed by atoms with Gasteiger partial charge in [-0.1, -0.05) is 6.07 Å². The molecule has 7 nitrogen and oxygen atoms in total. The minimum absolute atomic E-state index is 0.0226. The smallest absolute Gasteiger partial charge is 0.323 e. The molecule has 2 unspecified atom stereocenters. The highest BCUT2D eigenvalue weighted by molar-refractivity contribution is 7.10. The molecule has 8 heteroatoms. The first kappa shape index (κ1) is 16.7. The van der Waals surface area contributed by atoms with E-state index in [-0.39, 0.29) is 23.5 Å². The maximum atomic E-state index is 12.5. The molecule has 0 spiro atoms. The number of carbonyl (C=O) groups is 1. The van der Waals surface area contributed by atoms with E-state index in [2.05, 4.69) is 10.3 Å². The van der Waals surface area contributed by atoms with Crippen LogP contribution in [0.2, 0.25) is 0 Å². The van der Waals surface area contributed by atoms with Crippen molar-refractivity contribution in [3.8, 4) is 0 Å². The highest BCUT2D eigenvalue weighted by Crippen LogP contribution is 2.29. The van der Waals surface area contributed by atoms with Crippen LogP contribution in [-0.2, 0) is 7.05 Å². The van der Waals surface area contributed by atoms with Crippen molar-refractivity contribution in [1.29, 1.82) is 0 Å². The highest BCUT2D eigenvalue weighted by Gasteiger charge is 2.31. The van der Waals surface area contributed by atoms with Crippen molar-refractivity contribution in [3.63, 3.8) is 0 Å². The van der Waals surface area contributed by atoms with Crippen LogP contribution in [0.4, 0.5) is 10.6 Å². The largest absolute Gasteiger partial charge is 0.387 e. The Balaban J connectivity index is 1.67. The van der Waals surface area contributed by atoms with E-state index in [1.165, 1.54) is 28.3 Å². The van der Waals surface area contributed by atoms with E-state index in [9.17, 15) is 14.7 Å². The van der Waals surface area contributed by atoms with Gasteiger partial charge in [-0.3, -0.25) is 10.1 Å². The van der Waals surface area contributed by atoms with E-state index < -0.39 is 6.10 Å². The Kier molecular flexibility index (Phi) is 4.96. The average molecular weight is 348 g/mol. The van der Waals surface area contributed by atoms with Crippen LogP contribution in [0.3, 0.4) is 0 Å². The number of aromatic nitrogens is 2. The molecule has 2 aromatic rings. The fraction of sp³-hybridized carbons (Fsp3) is 0.438. The number of anilines is 1. The minimum Gasteiger partial charge on any atom is -0.387 e. The fourth-order valence-corrected chi connectivity index (χ4v) is 3.68. The van der Waals surface area contributed by atoms with E-state index in [4.69, 9.17) is 0 Å². The molecule has 1 aliphatic rings. The number of aliphatic hydroxyl groups excluding tert-OH is 1. The summed E-state index contributed by atoms with van der Waals surface area (Å²) in [6.07, 6.45) is 4.65. The van der Waals surface area contributed by atoms with Gasteiger partial charge in [0.05, 0.1) is 6.10 Å². The topological polar surface area (TPSA) is 87.5 Å². The molecule has 0 aromatic carbocycles. The number of urea groups is 1. The Morgan fingerprint density at radius 3 is 3.17 bits per heavy atom. The van der Waals surface area contributed by atoms with Crippen LogP contribution in [0.1, 0.15) is 30.2 Å². The third kappa shape index (κ3) is 3.49. The predicted octanol–water partition coefficient (Wildman–Crippen LogP) is 1.96. The molecule has 1 saturated heterocycles. The van der Waals surface area contributed by atoms with E-state index in [1.807, 2.05) is 17.5 Å². The van der Waals surface area contributed by atoms with Crippen molar-refractivity contribution in [2.75, 3.05) is 11.9 Å². The van der Waals surface area contributed by atoms with Gasteiger partial charge in [-0.2, -0.15) is 0 Å². The normalized spacial score (nSPS) is 18.6. The number of aryl methyl sites for hydroxylation is 1. The number of nitrogens with one attached hydrogen (secondary N) is 1. The molecule has 2 amide bonds. The van der Waals surface area contributed by atoms with Crippen molar-refractivity contribution >= 4 is 23.2 Å². The van der Waals surface area contributed by atoms with E-state index in [1.54, 1.807) is 11.9 Å². The van der Waals surface area contributed by atoms with Gasteiger partial charge in [0, 0.05) is 36.9 Å². The van der Waals surface area contributed by atoms with Crippen LogP contribution < -0.4 is 10.9 Å². The molecule has 0 saturated carbocycles. The third-order valence-corrected chi connectivity index (χ3v) is 5.22. The lowest BCUT2D eigenvalue weighted by molar-refractivity contribution is 0.132. The molecule has 2 aromatic heterocycles. The summed E-state index contributed by atoms with van der Waals surface area (Å²) in [4.78, 5) is 31.0. The van der Waals surface area contributed by atoms with Gasteiger partial charge in [0.15, 0.2) is 0 Å². The number of carbonyl (C=O) groups excluding carboxylic acids is 1. The van der Waals surface area contributed by atoms with Crippen LogP contribution >= 0.6 is 11.3 Å². The van der Waals surface area contributed by atoms with Crippen molar-refractivity contribution in [2.24, 2.45) is 7.05 Å². The number of thiophene rings is 1. The lowest BCUT2D eigenvalue weighted by atomic mass is 10.1. The molecule has 2 N–H and O–H groups in total. The number of hydrogen-bond donors (Lipinski definition) is 2. The van der Waals surface area contributed by atoms with Gasteiger partial charge in [0.2, 0.25) is 5.82 Å². The fourth-order valence-electron chi connectivity index (χ4n) is 2.96. The van der Waals surface area contributed by atoms with E-state index >= 15 is 0 Å². The number of aliphatic hydroxyl groups is 1. The highest BCUT2D eigenvalue weighted by atomic mass is 32.1. The van der Waals surface area contributed by atoms with Crippen LogP contribution in [-0.4, -0.2) is 38.2 Å². The van der Waals surface area contributed by atoms with Gasteiger partial charge in [0.25, 0.3) is 5.56 Å². The van der Waals surface area contributed by atoms with Gasteiger partial charge >= 0.3 is 6.03 Å².